The van der Waals surface area contributed by atoms with Crippen molar-refractivity contribution < 1.29 is 19.1 Å². The Morgan fingerprint density at radius 2 is 1.63 bits per heavy atom. The Morgan fingerprint density at radius 3 is 2.30 bits per heavy atom. The van der Waals surface area contributed by atoms with Crippen LogP contribution in [0, 0.1) is 5.92 Å². The molecule has 0 radical (unpaired) electrons. The van der Waals surface area contributed by atoms with E-state index in [-0.39, 0.29) is 24.1 Å². The van der Waals surface area contributed by atoms with Gasteiger partial charge >= 0.3 is 11.8 Å². The van der Waals surface area contributed by atoms with E-state index in [2.05, 4.69) is 46.4 Å². The highest BCUT2D eigenvalue weighted by atomic mass is 16.6. The van der Waals surface area contributed by atoms with Gasteiger partial charge < -0.3 is 19.4 Å². The SMILES string of the molecule is CN(C[C@@H]1CCN(c2ccc(-c3ccc4c(c3)n(C)c(=O)n4C3CCC(=O)NC3=O)cc2)C1)C1CCN(C(=O)OC(C)(C)C)CC1. The fourth-order valence-electron chi connectivity index (χ4n) is 7.23. The van der Waals surface area contributed by atoms with Gasteiger partial charge in [-0.1, -0.05) is 18.2 Å². The van der Waals surface area contributed by atoms with Crippen molar-refractivity contribution in [3.63, 3.8) is 0 Å². The zero-order chi connectivity index (χ0) is 32.7. The monoisotopic (exact) mass is 630 g/mol. The number of likely N-dealkylation sites (tertiary alicyclic amines) is 1. The molecule has 0 saturated carbocycles. The van der Waals surface area contributed by atoms with Crippen LogP contribution in [0.15, 0.2) is 47.3 Å². The number of piperidine rings is 2. The zero-order valence-corrected chi connectivity index (χ0v) is 27.6. The van der Waals surface area contributed by atoms with Gasteiger partial charge in [0.15, 0.2) is 0 Å². The first-order valence-corrected chi connectivity index (χ1v) is 16.5. The van der Waals surface area contributed by atoms with Crippen LogP contribution in [0.2, 0.25) is 0 Å². The molecule has 46 heavy (non-hydrogen) atoms. The van der Waals surface area contributed by atoms with Crippen molar-refractivity contribution in [2.24, 2.45) is 13.0 Å². The first-order chi connectivity index (χ1) is 21.9. The fourth-order valence-corrected chi connectivity index (χ4v) is 7.23. The molecule has 3 aliphatic heterocycles. The number of carbonyl (C=O) groups is 3. The number of hydrogen-bond acceptors (Lipinski definition) is 7. The second kappa shape index (κ2) is 12.6. The number of nitrogens with zero attached hydrogens (tertiary/aromatic N) is 5. The average molecular weight is 631 g/mol. The van der Waals surface area contributed by atoms with Crippen molar-refractivity contribution in [2.45, 2.75) is 70.6 Å². The summed E-state index contributed by atoms with van der Waals surface area (Å²) in [5, 5.41) is 2.36. The Hall–Kier alpha value is -4.12. The standard InChI is InChI=1S/C35H46N6O5/c1-35(2,3)46-34(45)39-18-15-26(16-19-39)37(4)21-23-14-17-40(22-23)27-9-6-24(7-10-27)25-8-11-28-30(20-25)38(5)33(44)41(28)29-12-13-31(42)36-32(29)43/h6-11,20,23,26,29H,12-19,21-22H2,1-5H3,(H,36,42,43)/t23-,29?/m0/s1. The molecule has 3 aliphatic rings. The minimum Gasteiger partial charge on any atom is -0.444 e. The lowest BCUT2D eigenvalue weighted by Crippen LogP contribution is -2.48. The number of hydrogen-bond donors (Lipinski definition) is 1. The van der Waals surface area contributed by atoms with Gasteiger partial charge in [-0.2, -0.15) is 0 Å². The van der Waals surface area contributed by atoms with Gasteiger partial charge in [-0.25, -0.2) is 9.59 Å². The molecule has 1 unspecified atom stereocenters. The Balaban J connectivity index is 1.06. The number of benzene rings is 2. The highest BCUT2D eigenvalue weighted by Gasteiger charge is 2.32. The minimum absolute atomic E-state index is 0.207. The van der Waals surface area contributed by atoms with Crippen LogP contribution in [-0.4, -0.2) is 88.3 Å². The number of nitrogens with one attached hydrogen (secondary N) is 1. The maximum Gasteiger partial charge on any atom is 0.410 e. The number of carbonyl (C=O) groups excluding carboxylic acids is 3. The van der Waals surface area contributed by atoms with E-state index in [1.54, 1.807) is 11.6 Å². The van der Waals surface area contributed by atoms with E-state index in [0.717, 1.165) is 68.6 Å². The summed E-state index contributed by atoms with van der Waals surface area (Å²) in [6.07, 6.45) is 3.41. The molecule has 4 heterocycles. The molecule has 2 aromatic carbocycles. The lowest BCUT2D eigenvalue weighted by Gasteiger charge is -2.38. The molecule has 6 rings (SSSR count). The van der Waals surface area contributed by atoms with Crippen LogP contribution in [0.4, 0.5) is 10.5 Å². The van der Waals surface area contributed by atoms with Crippen LogP contribution in [0.25, 0.3) is 22.2 Å². The zero-order valence-electron chi connectivity index (χ0n) is 27.6. The second-order valence-corrected chi connectivity index (χ2v) is 14.2. The number of amides is 3. The second-order valence-electron chi connectivity index (χ2n) is 14.2. The topological polar surface area (TPSA) is 109 Å². The third-order valence-corrected chi connectivity index (χ3v) is 9.75. The van der Waals surface area contributed by atoms with Gasteiger partial charge in [-0.05, 0) is 94.8 Å². The van der Waals surface area contributed by atoms with E-state index in [1.165, 1.54) is 10.3 Å². The first-order valence-electron chi connectivity index (χ1n) is 16.5. The molecule has 1 N–H and O–H groups in total. The maximum absolute atomic E-state index is 13.1. The summed E-state index contributed by atoms with van der Waals surface area (Å²) in [5.41, 5.74) is 3.95. The molecule has 3 fully saturated rings. The van der Waals surface area contributed by atoms with Gasteiger partial charge in [0.1, 0.15) is 11.6 Å². The summed E-state index contributed by atoms with van der Waals surface area (Å²) in [4.78, 5) is 56.6. The van der Waals surface area contributed by atoms with Crippen molar-refractivity contribution >= 4 is 34.6 Å². The summed E-state index contributed by atoms with van der Waals surface area (Å²) >= 11 is 0. The lowest BCUT2D eigenvalue weighted by atomic mass is 10.0. The Labute approximate surface area is 270 Å². The fraction of sp³-hybridized carbons (Fsp3) is 0.543. The molecular weight excluding hydrogens is 584 g/mol. The van der Waals surface area contributed by atoms with E-state index in [0.29, 0.717) is 23.9 Å². The Morgan fingerprint density at radius 1 is 0.935 bits per heavy atom. The number of imidazole rings is 1. The molecule has 246 valence electrons. The average Bonchev–Trinajstić information content (AvgIpc) is 3.58. The highest BCUT2D eigenvalue weighted by molar-refractivity contribution is 6.00. The Bertz CT molecular complexity index is 1680. The largest absolute Gasteiger partial charge is 0.444 e. The molecule has 0 aliphatic carbocycles. The van der Waals surface area contributed by atoms with Crippen LogP contribution >= 0.6 is 0 Å². The van der Waals surface area contributed by atoms with E-state index >= 15 is 0 Å². The number of ether oxygens (including phenoxy) is 1. The number of aryl methyl sites for hydroxylation is 1. The molecule has 3 saturated heterocycles. The minimum atomic E-state index is -0.694. The van der Waals surface area contributed by atoms with Crippen LogP contribution in [0.5, 0.6) is 0 Å². The Kier molecular flexibility index (Phi) is 8.71. The first kappa shape index (κ1) is 31.8. The van der Waals surface area contributed by atoms with Crippen molar-refractivity contribution in [1.82, 2.24) is 24.3 Å². The summed E-state index contributed by atoms with van der Waals surface area (Å²) in [5.74, 6) is -0.140. The van der Waals surface area contributed by atoms with Crippen molar-refractivity contribution in [1.29, 1.82) is 0 Å². The van der Waals surface area contributed by atoms with Crippen LogP contribution in [-0.2, 0) is 21.4 Å². The summed E-state index contributed by atoms with van der Waals surface area (Å²) in [7, 11) is 3.94. The molecule has 1 aromatic heterocycles. The predicted octanol–water partition coefficient (Wildman–Crippen LogP) is 4.14. The third kappa shape index (κ3) is 6.56. The molecule has 3 amide bonds. The maximum atomic E-state index is 13.1. The van der Waals surface area contributed by atoms with Crippen molar-refractivity contribution in [3.05, 3.63) is 52.9 Å². The van der Waals surface area contributed by atoms with Gasteiger partial charge in [0.25, 0.3) is 0 Å². The normalized spacial score (nSPS) is 21.3. The molecule has 2 atom stereocenters. The third-order valence-electron chi connectivity index (χ3n) is 9.75. The number of rotatable bonds is 6. The molecule has 0 spiro atoms. The van der Waals surface area contributed by atoms with E-state index in [1.807, 2.05) is 43.9 Å². The number of imide groups is 1. The number of anilines is 1. The highest BCUT2D eigenvalue weighted by Crippen LogP contribution is 2.31. The summed E-state index contributed by atoms with van der Waals surface area (Å²) < 4.78 is 8.64. The van der Waals surface area contributed by atoms with Crippen LogP contribution < -0.4 is 15.9 Å². The van der Waals surface area contributed by atoms with Gasteiger partial charge in [-0.3, -0.25) is 24.0 Å². The van der Waals surface area contributed by atoms with Crippen LogP contribution in [0.1, 0.15) is 58.9 Å². The number of aromatic nitrogens is 2. The summed E-state index contributed by atoms with van der Waals surface area (Å²) in [6.45, 7) is 10.3. The van der Waals surface area contributed by atoms with Gasteiger partial charge in [0.2, 0.25) is 11.8 Å². The van der Waals surface area contributed by atoms with E-state index in [4.69, 9.17) is 4.74 Å². The summed E-state index contributed by atoms with van der Waals surface area (Å²) in [6, 6.07) is 14.3. The lowest BCUT2D eigenvalue weighted by molar-refractivity contribution is -0.135. The van der Waals surface area contributed by atoms with Crippen LogP contribution in [0.3, 0.4) is 0 Å². The quantitative estimate of drug-likeness (QED) is 0.408. The number of fused-ring (bicyclic) bond motifs is 1. The van der Waals surface area contributed by atoms with Gasteiger partial charge in [0, 0.05) is 57.9 Å². The van der Waals surface area contributed by atoms with Crippen molar-refractivity contribution in [2.75, 3.05) is 44.7 Å². The van der Waals surface area contributed by atoms with Gasteiger partial charge in [0.05, 0.1) is 11.0 Å². The molecule has 3 aromatic rings. The molecule has 11 heteroatoms. The molecule has 0 bridgehead atoms. The smallest absolute Gasteiger partial charge is 0.410 e. The predicted molar refractivity (Wildman–Crippen MR) is 178 cm³/mol. The molecule has 11 nitrogen and oxygen atoms in total. The molecular formula is C35H46N6O5. The van der Waals surface area contributed by atoms with Crippen molar-refractivity contribution in [3.8, 4) is 11.1 Å². The van der Waals surface area contributed by atoms with E-state index in [9.17, 15) is 19.2 Å². The van der Waals surface area contributed by atoms with E-state index < -0.39 is 17.6 Å². The van der Waals surface area contributed by atoms with Gasteiger partial charge in [-0.15, -0.1) is 0 Å².